The highest BCUT2D eigenvalue weighted by Gasteiger charge is 2.34. The van der Waals surface area contributed by atoms with Crippen molar-refractivity contribution in [2.24, 2.45) is 0 Å². The van der Waals surface area contributed by atoms with Gasteiger partial charge in [0.25, 0.3) is 0 Å². The topological polar surface area (TPSA) is 84.6 Å². The highest BCUT2D eigenvalue weighted by Crippen LogP contribution is 2.20. The van der Waals surface area contributed by atoms with Gasteiger partial charge in [0.15, 0.2) is 0 Å². The van der Waals surface area contributed by atoms with E-state index in [4.69, 9.17) is 10.4 Å². The van der Waals surface area contributed by atoms with Gasteiger partial charge in [0.2, 0.25) is 5.91 Å². The first-order chi connectivity index (χ1) is 9.02. The number of amides is 1. The minimum absolute atomic E-state index is 0.120. The zero-order valence-electron chi connectivity index (χ0n) is 10.4. The van der Waals surface area contributed by atoms with Crippen molar-refractivity contribution in [3.63, 3.8) is 0 Å². The van der Waals surface area contributed by atoms with Crippen LogP contribution in [-0.2, 0) is 9.59 Å². The zero-order valence-corrected chi connectivity index (χ0v) is 10.4. The zero-order chi connectivity index (χ0) is 14.0. The Morgan fingerprint density at radius 3 is 2.89 bits per heavy atom. The van der Waals surface area contributed by atoms with E-state index in [2.05, 4.69) is 0 Å². The molecule has 1 aliphatic heterocycles. The highest BCUT2D eigenvalue weighted by atomic mass is 16.4. The summed E-state index contributed by atoms with van der Waals surface area (Å²) in [5.74, 6) is -1.28. The van der Waals surface area contributed by atoms with Gasteiger partial charge in [-0.3, -0.25) is 4.79 Å². The number of anilines is 1. The summed E-state index contributed by atoms with van der Waals surface area (Å²) in [7, 11) is 1.49. The summed E-state index contributed by atoms with van der Waals surface area (Å²) in [6.07, 6.45) is 0. The van der Waals surface area contributed by atoms with Crippen LogP contribution in [0.1, 0.15) is 5.56 Å². The predicted molar refractivity (Wildman–Crippen MR) is 67.6 cm³/mol. The van der Waals surface area contributed by atoms with Crippen LogP contribution in [0.3, 0.4) is 0 Å². The number of hydrogen-bond donors (Lipinski definition) is 1. The monoisotopic (exact) mass is 259 g/mol. The van der Waals surface area contributed by atoms with Gasteiger partial charge < -0.3 is 14.9 Å². The Hall–Kier alpha value is -2.55. The van der Waals surface area contributed by atoms with Gasteiger partial charge in [-0.1, -0.05) is 6.07 Å². The molecule has 1 atom stereocenters. The maximum absolute atomic E-state index is 11.8. The molecule has 1 N–H and O–H groups in total. The van der Waals surface area contributed by atoms with Gasteiger partial charge in [0, 0.05) is 19.3 Å². The number of carboxylic acids is 1. The molecule has 0 spiro atoms. The molecule has 19 heavy (non-hydrogen) atoms. The van der Waals surface area contributed by atoms with Crippen LogP contribution < -0.4 is 4.90 Å². The van der Waals surface area contributed by atoms with Crippen LogP contribution in [0.2, 0.25) is 0 Å². The third-order valence-electron chi connectivity index (χ3n) is 3.21. The number of piperazine rings is 1. The Morgan fingerprint density at radius 1 is 1.53 bits per heavy atom. The van der Waals surface area contributed by atoms with E-state index in [0.29, 0.717) is 11.3 Å². The predicted octanol–water partition coefficient (Wildman–Crippen LogP) is 0.290. The van der Waals surface area contributed by atoms with Crippen molar-refractivity contribution in [1.29, 1.82) is 5.26 Å². The van der Waals surface area contributed by atoms with Gasteiger partial charge in [-0.05, 0) is 18.2 Å². The summed E-state index contributed by atoms with van der Waals surface area (Å²) in [6.45, 7) is 0.335. The average Bonchev–Trinajstić information content (AvgIpc) is 2.41. The highest BCUT2D eigenvalue weighted by molar-refractivity contribution is 5.89. The molecule has 0 radical (unpaired) electrons. The molecule has 1 heterocycles. The Labute approximate surface area is 110 Å². The van der Waals surface area contributed by atoms with E-state index in [1.54, 1.807) is 29.2 Å². The quantitative estimate of drug-likeness (QED) is 0.825. The maximum atomic E-state index is 11.8. The van der Waals surface area contributed by atoms with Crippen LogP contribution in [0.5, 0.6) is 0 Å². The molecule has 1 unspecified atom stereocenters. The fourth-order valence-corrected chi connectivity index (χ4v) is 2.06. The SMILES string of the molecule is CN1C(=O)CN(c2cccc(C#N)c2)CC1C(=O)O. The summed E-state index contributed by atoms with van der Waals surface area (Å²) < 4.78 is 0. The van der Waals surface area contributed by atoms with Crippen molar-refractivity contribution >= 4 is 17.6 Å². The number of rotatable bonds is 2. The van der Waals surface area contributed by atoms with Gasteiger partial charge in [-0.2, -0.15) is 5.26 Å². The summed E-state index contributed by atoms with van der Waals surface area (Å²) in [5, 5.41) is 18.0. The fraction of sp³-hybridized carbons (Fsp3) is 0.308. The molecule has 2 rings (SSSR count). The van der Waals surface area contributed by atoms with Gasteiger partial charge in [0.1, 0.15) is 6.04 Å². The van der Waals surface area contributed by atoms with Crippen LogP contribution in [0.25, 0.3) is 0 Å². The molecule has 98 valence electrons. The molecule has 1 aliphatic rings. The number of nitrogens with zero attached hydrogens (tertiary/aromatic N) is 3. The van der Waals surface area contributed by atoms with Crippen LogP contribution in [0, 0.1) is 11.3 Å². The van der Waals surface area contributed by atoms with Crippen molar-refractivity contribution < 1.29 is 14.7 Å². The Morgan fingerprint density at radius 2 is 2.26 bits per heavy atom. The molecule has 1 saturated heterocycles. The van der Waals surface area contributed by atoms with E-state index in [9.17, 15) is 9.59 Å². The van der Waals surface area contributed by atoms with E-state index >= 15 is 0 Å². The molecular weight excluding hydrogens is 246 g/mol. The smallest absolute Gasteiger partial charge is 0.328 e. The van der Waals surface area contributed by atoms with Gasteiger partial charge in [-0.15, -0.1) is 0 Å². The normalized spacial score (nSPS) is 19.2. The third kappa shape index (κ3) is 2.50. The lowest BCUT2D eigenvalue weighted by Crippen LogP contribution is -2.58. The van der Waals surface area contributed by atoms with E-state index in [1.807, 2.05) is 6.07 Å². The number of carboxylic acid groups (broad SMARTS) is 1. The molecule has 1 aromatic rings. The summed E-state index contributed by atoms with van der Waals surface area (Å²) >= 11 is 0. The lowest BCUT2D eigenvalue weighted by Gasteiger charge is -2.38. The van der Waals surface area contributed by atoms with Crippen molar-refractivity contribution in [2.45, 2.75) is 6.04 Å². The van der Waals surface area contributed by atoms with E-state index < -0.39 is 12.0 Å². The molecule has 6 nitrogen and oxygen atoms in total. The first-order valence-electron chi connectivity index (χ1n) is 5.76. The molecule has 1 fully saturated rings. The number of likely N-dealkylation sites (N-methyl/N-ethyl adjacent to an activating group) is 1. The summed E-state index contributed by atoms with van der Waals surface area (Å²) in [6, 6.07) is 7.94. The molecule has 1 amide bonds. The van der Waals surface area contributed by atoms with Gasteiger partial charge in [-0.25, -0.2) is 4.79 Å². The van der Waals surface area contributed by atoms with E-state index in [0.717, 1.165) is 0 Å². The molecule has 6 heteroatoms. The molecular formula is C13H13N3O3. The van der Waals surface area contributed by atoms with E-state index in [-0.39, 0.29) is 19.0 Å². The number of nitriles is 1. The van der Waals surface area contributed by atoms with Crippen LogP contribution >= 0.6 is 0 Å². The first kappa shape index (κ1) is 12.9. The number of carbonyl (C=O) groups excluding carboxylic acids is 1. The Balaban J connectivity index is 2.28. The minimum Gasteiger partial charge on any atom is -0.480 e. The Bertz CT molecular complexity index is 564. The molecule has 0 saturated carbocycles. The standard InChI is InChI=1S/C13H13N3O3/c1-15-11(13(18)19)7-16(8-12(15)17)10-4-2-3-9(5-10)6-14/h2-5,11H,7-8H2,1H3,(H,18,19). The lowest BCUT2D eigenvalue weighted by atomic mass is 10.1. The number of aliphatic carboxylic acids is 1. The number of hydrogen-bond acceptors (Lipinski definition) is 4. The van der Waals surface area contributed by atoms with Gasteiger partial charge in [0.05, 0.1) is 18.2 Å². The van der Waals surface area contributed by atoms with Crippen molar-refractivity contribution in [3.8, 4) is 6.07 Å². The molecule has 0 aliphatic carbocycles. The van der Waals surface area contributed by atoms with Crippen LogP contribution in [0.4, 0.5) is 5.69 Å². The van der Waals surface area contributed by atoms with Crippen molar-refractivity contribution in [3.05, 3.63) is 29.8 Å². The number of benzene rings is 1. The number of carbonyl (C=O) groups is 2. The lowest BCUT2D eigenvalue weighted by molar-refractivity contribution is -0.149. The van der Waals surface area contributed by atoms with Crippen LogP contribution in [0.15, 0.2) is 24.3 Å². The minimum atomic E-state index is -1.03. The second kappa shape index (κ2) is 4.98. The second-order valence-corrected chi connectivity index (χ2v) is 4.40. The largest absolute Gasteiger partial charge is 0.480 e. The molecule has 0 bridgehead atoms. The third-order valence-corrected chi connectivity index (χ3v) is 3.21. The van der Waals surface area contributed by atoms with Crippen molar-refractivity contribution in [2.75, 3.05) is 25.0 Å². The van der Waals surface area contributed by atoms with E-state index in [1.165, 1.54) is 11.9 Å². The Kier molecular flexibility index (Phi) is 3.38. The molecule has 0 aromatic heterocycles. The van der Waals surface area contributed by atoms with Gasteiger partial charge >= 0.3 is 5.97 Å². The second-order valence-electron chi connectivity index (χ2n) is 4.40. The first-order valence-corrected chi connectivity index (χ1v) is 5.76. The fourth-order valence-electron chi connectivity index (χ4n) is 2.06. The maximum Gasteiger partial charge on any atom is 0.328 e. The van der Waals surface area contributed by atoms with Crippen LogP contribution in [-0.4, -0.2) is 48.1 Å². The summed E-state index contributed by atoms with van der Waals surface area (Å²) in [5.41, 5.74) is 1.17. The van der Waals surface area contributed by atoms with Crippen molar-refractivity contribution in [1.82, 2.24) is 4.90 Å². The average molecular weight is 259 g/mol. The summed E-state index contributed by atoms with van der Waals surface area (Å²) in [4.78, 5) is 25.9. The molecule has 1 aromatic carbocycles.